The van der Waals surface area contributed by atoms with E-state index in [1.54, 1.807) is 0 Å². The Balaban J connectivity index is 1.52. The second kappa shape index (κ2) is 8.68. The van der Waals surface area contributed by atoms with Crippen molar-refractivity contribution in [2.45, 2.75) is 6.92 Å². The molecule has 0 aliphatic heterocycles. The van der Waals surface area contributed by atoms with Crippen LogP contribution < -0.4 is 0 Å². The number of allylic oxidation sites excluding steroid dienone is 5. The van der Waals surface area contributed by atoms with Crippen LogP contribution in [-0.4, -0.2) is 0 Å². The second-order valence-electron chi connectivity index (χ2n) is 10.9. The molecule has 6 aromatic rings. The van der Waals surface area contributed by atoms with E-state index in [4.69, 9.17) is 0 Å². The lowest BCUT2D eigenvalue weighted by molar-refractivity contribution is 0.619. The standard InChI is InChI=1S/C39H28/c1-25-12-10-22-29-28-16-4-5-17-30(28)37(24-36(25)29)39-34-20-8-6-18-32(34)38(33-19-7-9-21-35(33)39)31-23-11-14-26-13-2-3-15-27(26)31/h2-25,36H,1H3. The molecule has 6 aromatic carbocycles. The predicted molar refractivity (Wildman–Crippen MR) is 168 cm³/mol. The maximum atomic E-state index is 2.55. The number of fused-ring (bicyclic) bond motifs is 6. The molecule has 0 heterocycles. The zero-order chi connectivity index (χ0) is 25.9. The van der Waals surface area contributed by atoms with E-state index in [2.05, 4.69) is 146 Å². The minimum atomic E-state index is 0.371. The van der Waals surface area contributed by atoms with Crippen LogP contribution in [0.5, 0.6) is 0 Å². The maximum absolute atomic E-state index is 2.55. The van der Waals surface area contributed by atoms with Crippen LogP contribution in [0.25, 0.3) is 54.6 Å². The number of hydrogen-bond acceptors (Lipinski definition) is 0. The minimum Gasteiger partial charge on any atom is -0.0808 e. The van der Waals surface area contributed by atoms with Crippen LogP contribution in [0.1, 0.15) is 23.6 Å². The van der Waals surface area contributed by atoms with Crippen LogP contribution in [0.2, 0.25) is 0 Å². The summed E-state index contributed by atoms with van der Waals surface area (Å²) in [6.45, 7) is 2.34. The molecule has 0 aromatic heterocycles. The van der Waals surface area contributed by atoms with Crippen molar-refractivity contribution in [3.8, 4) is 11.1 Å². The van der Waals surface area contributed by atoms with Gasteiger partial charge in [-0.25, -0.2) is 0 Å². The Morgan fingerprint density at radius 1 is 0.487 bits per heavy atom. The zero-order valence-corrected chi connectivity index (χ0v) is 21.9. The van der Waals surface area contributed by atoms with Gasteiger partial charge in [-0.3, -0.25) is 0 Å². The Morgan fingerprint density at radius 2 is 1.03 bits per heavy atom. The first kappa shape index (κ1) is 22.3. The fraction of sp³-hybridized carbons (Fsp3) is 0.0769. The van der Waals surface area contributed by atoms with Gasteiger partial charge < -0.3 is 0 Å². The van der Waals surface area contributed by atoms with Gasteiger partial charge >= 0.3 is 0 Å². The van der Waals surface area contributed by atoms with Gasteiger partial charge in [-0.1, -0.05) is 146 Å². The summed E-state index contributed by atoms with van der Waals surface area (Å²) >= 11 is 0. The van der Waals surface area contributed by atoms with Crippen molar-refractivity contribution >= 4 is 43.5 Å². The molecule has 0 bridgehead atoms. The van der Waals surface area contributed by atoms with Crippen molar-refractivity contribution in [2.24, 2.45) is 11.8 Å². The molecular weight excluding hydrogens is 468 g/mol. The summed E-state index contributed by atoms with van der Waals surface area (Å²) in [6.07, 6.45) is 9.44. The molecule has 2 unspecified atom stereocenters. The van der Waals surface area contributed by atoms with Gasteiger partial charge in [0.2, 0.25) is 0 Å². The molecular formula is C39H28. The Kier molecular flexibility index (Phi) is 4.97. The number of rotatable bonds is 2. The molecule has 0 saturated heterocycles. The van der Waals surface area contributed by atoms with E-state index in [1.165, 1.54) is 71.3 Å². The highest BCUT2D eigenvalue weighted by Gasteiger charge is 2.30. The fourth-order valence-corrected chi connectivity index (χ4v) is 6.97. The van der Waals surface area contributed by atoms with Crippen molar-refractivity contribution in [1.82, 2.24) is 0 Å². The van der Waals surface area contributed by atoms with Crippen LogP contribution in [-0.2, 0) is 0 Å². The highest BCUT2D eigenvalue weighted by Crippen LogP contribution is 2.50. The summed E-state index contributed by atoms with van der Waals surface area (Å²) in [5.41, 5.74) is 9.44. The molecule has 2 aliphatic carbocycles. The normalized spacial score (nSPS) is 18.1. The maximum Gasteiger partial charge on any atom is 0.00938 e. The molecule has 0 heteroatoms. The van der Waals surface area contributed by atoms with E-state index in [9.17, 15) is 0 Å². The molecule has 2 aliphatic rings. The molecule has 0 saturated carbocycles. The minimum absolute atomic E-state index is 0.371. The molecule has 0 spiro atoms. The molecule has 39 heavy (non-hydrogen) atoms. The van der Waals surface area contributed by atoms with Crippen molar-refractivity contribution in [3.63, 3.8) is 0 Å². The van der Waals surface area contributed by atoms with Gasteiger partial charge in [0.25, 0.3) is 0 Å². The first-order chi connectivity index (χ1) is 19.3. The van der Waals surface area contributed by atoms with Crippen LogP contribution in [0.4, 0.5) is 0 Å². The van der Waals surface area contributed by atoms with Crippen LogP contribution >= 0.6 is 0 Å². The van der Waals surface area contributed by atoms with Gasteiger partial charge in [-0.15, -0.1) is 0 Å². The van der Waals surface area contributed by atoms with Gasteiger partial charge in [-0.2, -0.15) is 0 Å². The van der Waals surface area contributed by atoms with E-state index < -0.39 is 0 Å². The summed E-state index contributed by atoms with van der Waals surface area (Å²) in [5.74, 6) is 0.830. The number of benzene rings is 6. The van der Waals surface area contributed by atoms with Crippen molar-refractivity contribution in [1.29, 1.82) is 0 Å². The Bertz CT molecular complexity index is 1970. The third kappa shape index (κ3) is 3.31. The topological polar surface area (TPSA) is 0 Å². The molecule has 0 nitrogen and oxygen atoms in total. The lowest BCUT2D eigenvalue weighted by Crippen LogP contribution is -2.17. The van der Waals surface area contributed by atoms with Crippen molar-refractivity contribution < 1.29 is 0 Å². The third-order valence-corrected chi connectivity index (χ3v) is 8.75. The molecule has 0 radical (unpaired) electrons. The lowest BCUT2D eigenvalue weighted by Gasteiger charge is -2.33. The largest absolute Gasteiger partial charge is 0.0808 e. The van der Waals surface area contributed by atoms with Gasteiger partial charge in [0.15, 0.2) is 0 Å². The summed E-state index contributed by atoms with van der Waals surface area (Å²) in [5, 5.41) is 7.80. The molecule has 8 rings (SSSR count). The first-order valence-corrected chi connectivity index (χ1v) is 13.9. The van der Waals surface area contributed by atoms with Crippen LogP contribution in [0, 0.1) is 11.8 Å². The fourth-order valence-electron chi connectivity index (χ4n) is 6.97. The molecule has 2 atom stereocenters. The highest BCUT2D eigenvalue weighted by atomic mass is 14.3. The van der Waals surface area contributed by atoms with E-state index in [0.717, 1.165) is 0 Å². The lowest BCUT2D eigenvalue weighted by atomic mass is 9.71. The Hall–Kier alpha value is -4.68. The van der Waals surface area contributed by atoms with Crippen molar-refractivity contribution in [2.75, 3.05) is 0 Å². The van der Waals surface area contributed by atoms with Crippen LogP contribution in [0.15, 0.2) is 140 Å². The van der Waals surface area contributed by atoms with Gasteiger partial charge in [0, 0.05) is 5.92 Å². The summed E-state index contributed by atoms with van der Waals surface area (Å²) in [7, 11) is 0. The summed E-state index contributed by atoms with van der Waals surface area (Å²) in [6, 6.07) is 42.5. The molecule has 0 N–H and O–H groups in total. The van der Waals surface area contributed by atoms with E-state index in [1.807, 2.05) is 0 Å². The predicted octanol–water partition coefficient (Wildman–Crippen LogP) is 10.5. The first-order valence-electron chi connectivity index (χ1n) is 13.9. The Morgan fingerprint density at radius 3 is 1.74 bits per heavy atom. The third-order valence-electron chi connectivity index (χ3n) is 8.75. The van der Waals surface area contributed by atoms with Gasteiger partial charge in [0.1, 0.15) is 0 Å². The second-order valence-corrected chi connectivity index (χ2v) is 10.9. The molecule has 0 fully saturated rings. The monoisotopic (exact) mass is 496 g/mol. The van der Waals surface area contributed by atoms with E-state index in [0.29, 0.717) is 11.8 Å². The zero-order valence-electron chi connectivity index (χ0n) is 21.9. The van der Waals surface area contributed by atoms with Crippen LogP contribution in [0.3, 0.4) is 0 Å². The summed E-state index contributed by atoms with van der Waals surface area (Å²) in [4.78, 5) is 0. The average Bonchev–Trinajstić information content (AvgIpc) is 3.00. The Labute approximate surface area is 229 Å². The average molecular weight is 497 g/mol. The van der Waals surface area contributed by atoms with Gasteiger partial charge in [0.05, 0.1) is 0 Å². The summed E-state index contributed by atoms with van der Waals surface area (Å²) < 4.78 is 0. The number of hydrogen-bond donors (Lipinski definition) is 0. The van der Waals surface area contributed by atoms with E-state index in [-0.39, 0.29) is 0 Å². The quantitative estimate of drug-likeness (QED) is 0.209. The molecule has 0 amide bonds. The molecule has 184 valence electrons. The van der Waals surface area contributed by atoms with Crippen molar-refractivity contribution in [3.05, 3.63) is 156 Å². The highest BCUT2D eigenvalue weighted by molar-refractivity contribution is 6.22. The SMILES string of the molecule is CC1C=CC=C2c3ccccc3C(c3c4ccccc4c(-c4cccc5ccccc45)c4ccccc34)=CC21. The van der Waals surface area contributed by atoms with Gasteiger partial charge in [-0.05, 0) is 77.2 Å². The van der Waals surface area contributed by atoms with E-state index >= 15 is 0 Å². The smallest absolute Gasteiger partial charge is 0.00938 e.